The van der Waals surface area contributed by atoms with E-state index in [1.165, 1.54) is 0 Å². The van der Waals surface area contributed by atoms with Crippen LogP contribution in [0.2, 0.25) is 0 Å². The summed E-state index contributed by atoms with van der Waals surface area (Å²) in [6.07, 6.45) is -1.38. The number of benzene rings is 1. The highest BCUT2D eigenvalue weighted by Gasteiger charge is 2.13. The molecule has 1 aromatic carbocycles. The highest BCUT2D eigenvalue weighted by atomic mass is 19.3. The topological polar surface area (TPSA) is 46.5 Å². The summed E-state index contributed by atoms with van der Waals surface area (Å²) in [5.74, 6) is -1.07. The van der Waals surface area contributed by atoms with Crippen molar-refractivity contribution in [1.82, 2.24) is 0 Å². The number of aliphatic hydroxyl groups is 1. The molecule has 0 heterocycles. The zero-order valence-corrected chi connectivity index (χ0v) is 6.81. The van der Waals surface area contributed by atoms with Crippen molar-refractivity contribution in [2.24, 2.45) is 0 Å². The van der Waals surface area contributed by atoms with Crippen molar-refractivity contribution in [2.45, 2.75) is 12.5 Å². The third kappa shape index (κ3) is 2.83. The molecule has 70 valence electrons. The molecule has 1 atom stereocenters. The van der Waals surface area contributed by atoms with Crippen molar-refractivity contribution < 1.29 is 19.4 Å². The van der Waals surface area contributed by atoms with Crippen molar-refractivity contribution in [3.8, 4) is 0 Å². The van der Waals surface area contributed by atoms with Gasteiger partial charge in [0.25, 0.3) is 0 Å². The second kappa shape index (κ2) is 4.57. The number of rotatable bonds is 3. The Morgan fingerprint density at radius 3 is 2.62 bits per heavy atom. The lowest BCUT2D eigenvalue weighted by Crippen LogP contribution is -2.06. The van der Waals surface area contributed by atoms with Gasteiger partial charge in [0, 0.05) is 4.53 Å². The Bertz CT molecular complexity index is 273. The predicted molar refractivity (Wildman–Crippen MR) is 43.2 cm³/mol. The lowest BCUT2D eigenvalue weighted by Gasteiger charge is -2.06. The Balaban J connectivity index is 2.59. The van der Waals surface area contributed by atoms with Crippen LogP contribution in [0.5, 0.6) is 0 Å². The van der Waals surface area contributed by atoms with Gasteiger partial charge in [-0.25, -0.2) is 4.79 Å². The Morgan fingerprint density at radius 1 is 1.46 bits per heavy atom. The largest absolute Gasteiger partial charge is 0.388 e. The van der Waals surface area contributed by atoms with Gasteiger partial charge in [-0.05, 0) is 5.56 Å². The third-order valence-electron chi connectivity index (χ3n) is 1.63. The molecule has 4 heteroatoms. The van der Waals surface area contributed by atoms with Crippen LogP contribution in [0.1, 0.15) is 18.1 Å². The van der Waals surface area contributed by atoms with Crippen molar-refractivity contribution in [3.63, 3.8) is 0 Å². The molecule has 0 aliphatic carbocycles. The summed E-state index contributed by atoms with van der Waals surface area (Å²) in [5, 5.41) is 9.35. The maximum absolute atomic E-state index is 11.3. The average Bonchev–Trinajstić information content (AvgIpc) is 2.19. The first-order valence-electron chi connectivity index (χ1n) is 3.78. The molecule has 1 N–H and O–H groups in total. The van der Waals surface area contributed by atoms with Gasteiger partial charge in [0.05, 0.1) is 12.5 Å². The summed E-state index contributed by atoms with van der Waals surface area (Å²) in [5.41, 5.74) is 0.563. The first-order valence-corrected chi connectivity index (χ1v) is 3.78. The minimum absolute atomic E-state index is 0.374. The minimum atomic E-state index is -1.07. The van der Waals surface area contributed by atoms with Crippen LogP contribution in [0, 0.1) is 0 Å². The van der Waals surface area contributed by atoms with Crippen LogP contribution in [0.3, 0.4) is 0 Å². The number of hydrogen-bond acceptors (Lipinski definition) is 3. The van der Waals surface area contributed by atoms with Crippen molar-refractivity contribution >= 4 is 5.97 Å². The second-order valence-corrected chi connectivity index (χ2v) is 2.58. The Hall–Kier alpha value is -1.42. The standard InChI is InChI=1S/C9H9FO3/c10-13-9(12)6-8(11)7-4-2-1-3-5-7/h1-5,8,11H,6H2. The quantitative estimate of drug-likeness (QED) is 0.774. The highest BCUT2D eigenvalue weighted by molar-refractivity contribution is 5.69. The molecule has 13 heavy (non-hydrogen) atoms. The number of halogens is 1. The van der Waals surface area contributed by atoms with Crippen LogP contribution in [0.15, 0.2) is 30.3 Å². The Kier molecular flexibility index (Phi) is 3.40. The van der Waals surface area contributed by atoms with E-state index in [0.717, 1.165) is 0 Å². The van der Waals surface area contributed by atoms with Gasteiger partial charge in [-0.15, -0.1) is 0 Å². The van der Waals surface area contributed by atoms with Gasteiger partial charge in [0.1, 0.15) is 0 Å². The fraction of sp³-hybridized carbons (Fsp3) is 0.222. The fourth-order valence-electron chi connectivity index (χ4n) is 0.982. The first-order chi connectivity index (χ1) is 6.24. The SMILES string of the molecule is O=C(CC(O)c1ccccc1)OF. The van der Waals surface area contributed by atoms with E-state index in [1.807, 2.05) is 0 Å². The summed E-state index contributed by atoms with van der Waals surface area (Å²) in [7, 11) is 0. The molecule has 0 fully saturated rings. The zero-order valence-electron chi connectivity index (χ0n) is 6.81. The molecule has 0 aromatic heterocycles. The van der Waals surface area contributed by atoms with Gasteiger partial charge in [0.15, 0.2) is 0 Å². The molecule has 0 amide bonds. The number of carbonyl (C=O) groups is 1. The number of carbonyl (C=O) groups excluding carboxylic acids is 1. The molecule has 0 aliphatic rings. The lowest BCUT2D eigenvalue weighted by atomic mass is 10.1. The molecule has 0 saturated heterocycles. The normalized spacial score (nSPS) is 12.2. The Labute approximate surface area is 74.7 Å². The molecule has 1 aromatic rings. The van der Waals surface area contributed by atoms with E-state index in [0.29, 0.717) is 5.56 Å². The van der Waals surface area contributed by atoms with Crippen molar-refractivity contribution in [3.05, 3.63) is 35.9 Å². The van der Waals surface area contributed by atoms with Gasteiger partial charge in [0.2, 0.25) is 0 Å². The zero-order chi connectivity index (χ0) is 9.68. The Morgan fingerprint density at radius 2 is 2.08 bits per heavy atom. The molecule has 0 aliphatic heterocycles. The van der Waals surface area contributed by atoms with E-state index in [9.17, 15) is 14.4 Å². The molecule has 0 bridgehead atoms. The number of aliphatic hydroxyl groups excluding tert-OH is 1. The monoisotopic (exact) mass is 184 g/mol. The van der Waals surface area contributed by atoms with Gasteiger partial charge in [-0.1, -0.05) is 30.3 Å². The van der Waals surface area contributed by atoms with E-state index in [-0.39, 0.29) is 6.42 Å². The van der Waals surface area contributed by atoms with Crippen LogP contribution in [0.25, 0.3) is 0 Å². The van der Waals surface area contributed by atoms with Gasteiger partial charge >= 0.3 is 5.97 Å². The van der Waals surface area contributed by atoms with Crippen LogP contribution in [-0.4, -0.2) is 11.1 Å². The molecular weight excluding hydrogens is 175 g/mol. The van der Waals surface area contributed by atoms with Gasteiger partial charge in [-0.2, -0.15) is 0 Å². The van der Waals surface area contributed by atoms with Gasteiger partial charge < -0.3 is 5.11 Å². The van der Waals surface area contributed by atoms with Crippen LogP contribution < -0.4 is 0 Å². The predicted octanol–water partition coefficient (Wildman–Crippen LogP) is 1.54. The van der Waals surface area contributed by atoms with Crippen molar-refractivity contribution in [2.75, 3.05) is 0 Å². The van der Waals surface area contributed by atoms with Crippen LogP contribution in [0.4, 0.5) is 4.53 Å². The highest BCUT2D eigenvalue weighted by Crippen LogP contribution is 2.16. The van der Waals surface area contributed by atoms with E-state index < -0.39 is 12.1 Å². The van der Waals surface area contributed by atoms with E-state index in [4.69, 9.17) is 0 Å². The van der Waals surface area contributed by atoms with Gasteiger partial charge in [-0.3, -0.25) is 4.94 Å². The minimum Gasteiger partial charge on any atom is -0.388 e. The summed E-state index contributed by atoms with van der Waals surface area (Å²) < 4.78 is 11.3. The summed E-state index contributed by atoms with van der Waals surface area (Å²) in [6.45, 7) is 0. The smallest absolute Gasteiger partial charge is 0.351 e. The molecule has 1 unspecified atom stereocenters. The molecule has 0 spiro atoms. The third-order valence-corrected chi connectivity index (χ3v) is 1.63. The summed E-state index contributed by atoms with van der Waals surface area (Å²) in [4.78, 5) is 13.4. The van der Waals surface area contributed by atoms with E-state index in [2.05, 4.69) is 4.94 Å². The summed E-state index contributed by atoms with van der Waals surface area (Å²) >= 11 is 0. The van der Waals surface area contributed by atoms with Crippen LogP contribution >= 0.6 is 0 Å². The first kappa shape index (κ1) is 9.67. The number of hydrogen-bond donors (Lipinski definition) is 1. The van der Waals surface area contributed by atoms with E-state index in [1.54, 1.807) is 30.3 Å². The van der Waals surface area contributed by atoms with E-state index >= 15 is 0 Å². The fourth-order valence-corrected chi connectivity index (χ4v) is 0.982. The van der Waals surface area contributed by atoms with Crippen LogP contribution in [-0.2, 0) is 9.74 Å². The lowest BCUT2D eigenvalue weighted by molar-refractivity contribution is -0.185. The molecular formula is C9H9FO3. The van der Waals surface area contributed by atoms with Crippen molar-refractivity contribution in [1.29, 1.82) is 0 Å². The molecule has 1 rings (SSSR count). The molecule has 3 nitrogen and oxygen atoms in total. The molecule has 0 radical (unpaired) electrons. The molecule has 0 saturated carbocycles. The maximum Gasteiger partial charge on any atom is 0.351 e. The maximum atomic E-state index is 11.3. The average molecular weight is 184 g/mol. The summed E-state index contributed by atoms with van der Waals surface area (Å²) in [6, 6.07) is 8.52. The second-order valence-electron chi connectivity index (χ2n) is 2.58.